The molecule has 0 spiro atoms. The fraction of sp³-hybridized carbons (Fsp3) is 0.500. The van der Waals surface area contributed by atoms with Crippen molar-refractivity contribution in [3.05, 3.63) is 16.6 Å². The molecule has 2 heterocycles. The Bertz CT molecular complexity index is 308. The Labute approximate surface area is 78.9 Å². The molecular weight excluding hydrogens is 220 g/mol. The largest absolute Gasteiger partial charge is 0.333 e. The topological polar surface area (TPSA) is 34.9 Å². The average molecular weight is 229 g/mol. The summed E-state index contributed by atoms with van der Waals surface area (Å²) < 4.78 is 2.97. The lowest BCUT2D eigenvalue weighted by atomic mass is 10.0. The molecule has 1 unspecified atom stereocenters. The number of aromatic nitrogens is 2. The average Bonchev–Trinajstić information content (AvgIpc) is 2.47. The molecule has 0 fully saturated rings. The van der Waals surface area contributed by atoms with Crippen molar-refractivity contribution in [3.63, 3.8) is 0 Å². The number of halogens is 1. The lowest BCUT2D eigenvalue weighted by Crippen LogP contribution is -2.20. The van der Waals surface area contributed by atoms with Gasteiger partial charge >= 0.3 is 0 Å². The standard InChI is InChI=1S/C8H9BrN2O/c9-8-7-2-1-6(4-12)3-11(7)5-10-8/h4-6H,1-3H2. The summed E-state index contributed by atoms with van der Waals surface area (Å²) in [6.45, 7) is 0.789. The van der Waals surface area contributed by atoms with Gasteiger partial charge in [0, 0.05) is 12.5 Å². The van der Waals surface area contributed by atoms with E-state index in [4.69, 9.17) is 0 Å². The third-order valence-corrected chi connectivity index (χ3v) is 2.93. The van der Waals surface area contributed by atoms with E-state index in [1.165, 1.54) is 5.69 Å². The van der Waals surface area contributed by atoms with Gasteiger partial charge in [-0.3, -0.25) is 0 Å². The first-order valence-electron chi connectivity index (χ1n) is 3.96. The fourth-order valence-corrected chi connectivity index (χ4v) is 2.08. The lowest BCUT2D eigenvalue weighted by Gasteiger charge is -2.19. The SMILES string of the molecule is O=CC1CCc2c(Br)ncn2C1. The van der Waals surface area contributed by atoms with Crippen LogP contribution in [0.25, 0.3) is 0 Å². The van der Waals surface area contributed by atoms with E-state index in [9.17, 15) is 4.79 Å². The normalized spacial score (nSPS) is 21.9. The Morgan fingerprint density at radius 3 is 3.33 bits per heavy atom. The van der Waals surface area contributed by atoms with Crippen LogP contribution >= 0.6 is 15.9 Å². The summed E-state index contributed by atoms with van der Waals surface area (Å²) in [4.78, 5) is 14.7. The zero-order valence-electron chi connectivity index (χ0n) is 6.53. The second kappa shape index (κ2) is 3.01. The molecule has 1 aliphatic heterocycles. The van der Waals surface area contributed by atoms with Gasteiger partial charge in [-0.1, -0.05) is 0 Å². The maximum Gasteiger partial charge on any atom is 0.127 e. The van der Waals surface area contributed by atoms with Gasteiger partial charge in [-0.25, -0.2) is 4.98 Å². The van der Waals surface area contributed by atoms with Crippen LogP contribution in [0, 0.1) is 5.92 Å². The number of rotatable bonds is 1. The Hall–Kier alpha value is -0.640. The van der Waals surface area contributed by atoms with Crippen molar-refractivity contribution in [2.45, 2.75) is 19.4 Å². The van der Waals surface area contributed by atoms with Gasteiger partial charge in [0.05, 0.1) is 12.0 Å². The maximum atomic E-state index is 10.5. The van der Waals surface area contributed by atoms with Crippen LogP contribution in [0.4, 0.5) is 0 Å². The predicted molar refractivity (Wildman–Crippen MR) is 47.8 cm³/mol. The maximum absolute atomic E-state index is 10.5. The molecule has 1 aromatic rings. The highest BCUT2D eigenvalue weighted by atomic mass is 79.9. The summed E-state index contributed by atoms with van der Waals surface area (Å²) in [7, 11) is 0. The number of aldehydes is 1. The van der Waals surface area contributed by atoms with E-state index in [0.717, 1.165) is 30.3 Å². The highest BCUT2D eigenvalue weighted by Gasteiger charge is 2.19. The van der Waals surface area contributed by atoms with Crippen LogP contribution in [0.1, 0.15) is 12.1 Å². The van der Waals surface area contributed by atoms with E-state index in [1.807, 2.05) is 4.57 Å². The quantitative estimate of drug-likeness (QED) is 0.682. The predicted octanol–water partition coefficient (Wildman–Crippen LogP) is 1.41. The first-order valence-corrected chi connectivity index (χ1v) is 4.75. The van der Waals surface area contributed by atoms with Gasteiger partial charge < -0.3 is 9.36 Å². The van der Waals surface area contributed by atoms with Gasteiger partial charge in [-0.2, -0.15) is 0 Å². The van der Waals surface area contributed by atoms with Gasteiger partial charge in [0.25, 0.3) is 0 Å². The summed E-state index contributed by atoms with van der Waals surface area (Å²) in [5.74, 6) is 0.179. The number of fused-ring (bicyclic) bond motifs is 1. The van der Waals surface area contributed by atoms with Gasteiger partial charge in [-0.15, -0.1) is 0 Å². The molecule has 0 saturated carbocycles. The van der Waals surface area contributed by atoms with Crippen molar-refractivity contribution < 1.29 is 4.79 Å². The monoisotopic (exact) mass is 228 g/mol. The summed E-state index contributed by atoms with van der Waals surface area (Å²) in [6.07, 6.45) is 4.73. The number of hydrogen-bond acceptors (Lipinski definition) is 2. The summed E-state index contributed by atoms with van der Waals surface area (Å²) >= 11 is 3.37. The molecule has 12 heavy (non-hydrogen) atoms. The van der Waals surface area contributed by atoms with Crippen molar-refractivity contribution in [1.82, 2.24) is 9.55 Å². The highest BCUT2D eigenvalue weighted by Crippen LogP contribution is 2.23. The van der Waals surface area contributed by atoms with Crippen LogP contribution in [0.2, 0.25) is 0 Å². The van der Waals surface area contributed by atoms with Gasteiger partial charge in [0.15, 0.2) is 0 Å². The van der Waals surface area contributed by atoms with Crippen LogP contribution in [0.5, 0.6) is 0 Å². The van der Waals surface area contributed by atoms with Crippen molar-refractivity contribution in [2.24, 2.45) is 5.92 Å². The third-order valence-electron chi connectivity index (χ3n) is 2.27. The fourth-order valence-electron chi connectivity index (χ4n) is 1.56. The molecule has 0 bridgehead atoms. The van der Waals surface area contributed by atoms with E-state index < -0.39 is 0 Å². The van der Waals surface area contributed by atoms with Gasteiger partial charge in [0.1, 0.15) is 10.9 Å². The summed E-state index contributed by atoms with van der Waals surface area (Å²) in [6, 6.07) is 0. The second-order valence-corrected chi connectivity index (χ2v) is 3.82. The van der Waals surface area contributed by atoms with Crippen molar-refractivity contribution >= 4 is 22.2 Å². The minimum Gasteiger partial charge on any atom is -0.333 e. The molecule has 64 valence electrons. The lowest BCUT2D eigenvalue weighted by molar-refractivity contribution is -0.111. The Kier molecular flexibility index (Phi) is 2.00. The molecular formula is C8H9BrN2O. The van der Waals surface area contributed by atoms with Crippen LogP contribution < -0.4 is 0 Å². The van der Waals surface area contributed by atoms with Gasteiger partial charge in [0.2, 0.25) is 0 Å². The van der Waals surface area contributed by atoms with E-state index >= 15 is 0 Å². The number of nitrogens with zero attached hydrogens (tertiary/aromatic N) is 2. The first kappa shape index (κ1) is 7.98. The first-order chi connectivity index (χ1) is 5.81. The van der Waals surface area contributed by atoms with E-state index in [0.29, 0.717) is 0 Å². The molecule has 1 atom stereocenters. The molecule has 0 amide bonds. The molecule has 0 aliphatic carbocycles. The second-order valence-electron chi connectivity index (χ2n) is 3.07. The van der Waals surface area contributed by atoms with Crippen LogP contribution in [0.15, 0.2) is 10.9 Å². The minimum atomic E-state index is 0.179. The molecule has 2 rings (SSSR count). The highest BCUT2D eigenvalue weighted by molar-refractivity contribution is 9.10. The van der Waals surface area contributed by atoms with Gasteiger partial charge in [-0.05, 0) is 28.8 Å². The number of carbonyl (C=O) groups excluding carboxylic acids is 1. The number of carbonyl (C=O) groups is 1. The molecule has 0 radical (unpaired) electrons. The Morgan fingerprint density at radius 1 is 1.75 bits per heavy atom. The number of hydrogen-bond donors (Lipinski definition) is 0. The molecule has 0 saturated heterocycles. The van der Waals surface area contributed by atoms with E-state index in [2.05, 4.69) is 20.9 Å². The molecule has 1 aromatic heterocycles. The van der Waals surface area contributed by atoms with Crippen molar-refractivity contribution in [1.29, 1.82) is 0 Å². The zero-order valence-corrected chi connectivity index (χ0v) is 8.12. The number of imidazole rings is 1. The van der Waals surface area contributed by atoms with Crippen LogP contribution in [0.3, 0.4) is 0 Å². The Morgan fingerprint density at radius 2 is 2.58 bits per heavy atom. The molecule has 0 aromatic carbocycles. The molecule has 3 nitrogen and oxygen atoms in total. The Balaban J connectivity index is 2.30. The minimum absolute atomic E-state index is 0.179. The van der Waals surface area contributed by atoms with Crippen molar-refractivity contribution in [2.75, 3.05) is 0 Å². The summed E-state index contributed by atoms with van der Waals surface area (Å²) in [5, 5.41) is 0. The smallest absolute Gasteiger partial charge is 0.127 e. The van der Waals surface area contributed by atoms with Crippen molar-refractivity contribution in [3.8, 4) is 0 Å². The summed E-state index contributed by atoms with van der Waals surface area (Å²) in [5.41, 5.74) is 1.22. The third kappa shape index (κ3) is 1.20. The van der Waals surface area contributed by atoms with E-state index in [-0.39, 0.29) is 5.92 Å². The van der Waals surface area contributed by atoms with Crippen LogP contribution in [-0.2, 0) is 17.8 Å². The molecule has 4 heteroatoms. The van der Waals surface area contributed by atoms with Crippen LogP contribution in [-0.4, -0.2) is 15.8 Å². The molecule has 0 N–H and O–H groups in total. The van der Waals surface area contributed by atoms with E-state index in [1.54, 1.807) is 6.33 Å². The molecule has 1 aliphatic rings. The zero-order chi connectivity index (χ0) is 8.55.